The minimum atomic E-state index is -0.186. The van der Waals surface area contributed by atoms with E-state index in [2.05, 4.69) is 31.1 Å². The van der Waals surface area contributed by atoms with Gasteiger partial charge in [-0.15, -0.1) is 0 Å². The first kappa shape index (κ1) is 14.6. The minimum absolute atomic E-state index is 0.00357. The Hall–Kier alpha value is -1.42. The van der Waals surface area contributed by atoms with Gasteiger partial charge in [0.15, 0.2) is 0 Å². The highest BCUT2D eigenvalue weighted by atomic mass is 16.5. The predicted molar refractivity (Wildman–Crippen MR) is 71.0 cm³/mol. The summed E-state index contributed by atoms with van der Waals surface area (Å²) >= 11 is 0. The van der Waals surface area contributed by atoms with Crippen LogP contribution in [0.1, 0.15) is 32.8 Å². The van der Waals surface area contributed by atoms with Gasteiger partial charge in [0.05, 0.1) is 13.5 Å². The van der Waals surface area contributed by atoms with Crippen LogP contribution in [0.4, 0.5) is 0 Å². The van der Waals surface area contributed by atoms with Crippen molar-refractivity contribution in [3.63, 3.8) is 0 Å². The smallest absolute Gasteiger partial charge is 0.307 e. The van der Waals surface area contributed by atoms with E-state index in [0.717, 1.165) is 5.56 Å². The molecule has 0 fully saturated rings. The lowest BCUT2D eigenvalue weighted by Gasteiger charge is -2.31. The predicted octanol–water partition coefficient (Wildman–Crippen LogP) is 2.15. The van der Waals surface area contributed by atoms with E-state index in [-0.39, 0.29) is 17.4 Å². The number of carbonyl (C=O) groups is 1. The molecule has 4 nitrogen and oxygen atoms in total. The van der Waals surface area contributed by atoms with Gasteiger partial charge in [-0.2, -0.15) is 0 Å². The van der Waals surface area contributed by atoms with Crippen molar-refractivity contribution < 1.29 is 9.53 Å². The molecule has 1 N–H and O–H groups in total. The molecular weight excluding hydrogens is 228 g/mol. The maximum atomic E-state index is 11.4. The molecule has 1 aromatic rings. The number of nitrogens with zero attached hydrogens (tertiary/aromatic N) is 1. The van der Waals surface area contributed by atoms with Crippen LogP contribution in [0.2, 0.25) is 0 Å². The fourth-order valence-corrected chi connectivity index (χ4v) is 1.68. The second kappa shape index (κ2) is 6.50. The Morgan fingerprint density at radius 3 is 2.72 bits per heavy atom. The molecule has 0 aromatic carbocycles. The van der Waals surface area contributed by atoms with Gasteiger partial charge in [0.2, 0.25) is 0 Å². The molecule has 0 saturated carbocycles. The number of nitrogens with one attached hydrogen (secondary N) is 1. The van der Waals surface area contributed by atoms with E-state index >= 15 is 0 Å². The van der Waals surface area contributed by atoms with Crippen molar-refractivity contribution >= 4 is 5.97 Å². The molecule has 100 valence electrons. The van der Waals surface area contributed by atoms with Crippen molar-refractivity contribution in [2.24, 2.45) is 5.41 Å². The average molecular weight is 250 g/mol. The summed E-state index contributed by atoms with van der Waals surface area (Å²) in [6, 6.07) is 3.99. The molecule has 1 atom stereocenters. The van der Waals surface area contributed by atoms with Crippen molar-refractivity contribution in [1.29, 1.82) is 0 Å². The van der Waals surface area contributed by atoms with Crippen LogP contribution in [0, 0.1) is 5.41 Å². The molecule has 0 radical (unpaired) electrons. The lowest BCUT2D eigenvalue weighted by atomic mass is 9.84. The van der Waals surface area contributed by atoms with E-state index in [1.165, 1.54) is 7.11 Å². The molecule has 0 bridgehead atoms. The normalized spacial score (nSPS) is 13.1. The topological polar surface area (TPSA) is 51.2 Å². The van der Waals surface area contributed by atoms with Crippen molar-refractivity contribution in [3.8, 4) is 0 Å². The highest BCUT2D eigenvalue weighted by Gasteiger charge is 2.26. The first-order chi connectivity index (χ1) is 8.43. The molecule has 0 saturated heterocycles. The SMILES string of the molecule is COC(=O)CC(NCc1cccnc1)C(C)(C)C. The Morgan fingerprint density at radius 1 is 1.50 bits per heavy atom. The number of methoxy groups -OCH3 is 1. The van der Waals surface area contributed by atoms with Crippen LogP contribution in [-0.4, -0.2) is 24.1 Å². The van der Waals surface area contributed by atoms with Crippen LogP contribution in [-0.2, 0) is 16.1 Å². The number of hydrogen-bond acceptors (Lipinski definition) is 4. The summed E-state index contributed by atoms with van der Waals surface area (Å²) in [6.07, 6.45) is 3.95. The molecular formula is C14H22N2O2. The monoisotopic (exact) mass is 250 g/mol. The molecule has 1 rings (SSSR count). The molecule has 0 aliphatic rings. The van der Waals surface area contributed by atoms with Gasteiger partial charge < -0.3 is 10.1 Å². The van der Waals surface area contributed by atoms with Crippen LogP contribution >= 0.6 is 0 Å². The number of pyridine rings is 1. The zero-order valence-electron chi connectivity index (χ0n) is 11.6. The average Bonchev–Trinajstić information content (AvgIpc) is 2.34. The lowest BCUT2D eigenvalue weighted by Crippen LogP contribution is -2.41. The maximum absolute atomic E-state index is 11.4. The zero-order chi connectivity index (χ0) is 13.6. The number of hydrogen-bond donors (Lipinski definition) is 1. The highest BCUT2D eigenvalue weighted by Crippen LogP contribution is 2.22. The van der Waals surface area contributed by atoms with Gasteiger partial charge in [-0.05, 0) is 17.0 Å². The molecule has 4 heteroatoms. The summed E-state index contributed by atoms with van der Waals surface area (Å²) < 4.78 is 4.74. The quantitative estimate of drug-likeness (QED) is 0.814. The summed E-state index contributed by atoms with van der Waals surface area (Å²) in [4.78, 5) is 15.5. The van der Waals surface area contributed by atoms with Gasteiger partial charge in [0.1, 0.15) is 0 Å². The van der Waals surface area contributed by atoms with E-state index in [4.69, 9.17) is 4.74 Å². The summed E-state index contributed by atoms with van der Waals surface area (Å²) in [6.45, 7) is 7.03. The van der Waals surface area contributed by atoms with E-state index in [1.807, 2.05) is 18.3 Å². The largest absolute Gasteiger partial charge is 0.469 e. The summed E-state index contributed by atoms with van der Waals surface area (Å²) in [7, 11) is 1.42. The summed E-state index contributed by atoms with van der Waals surface area (Å²) in [5, 5.41) is 3.40. The molecule has 0 aliphatic heterocycles. The second-order valence-corrected chi connectivity index (χ2v) is 5.44. The van der Waals surface area contributed by atoms with Crippen LogP contribution in [0.15, 0.2) is 24.5 Å². The van der Waals surface area contributed by atoms with Gasteiger partial charge in [-0.3, -0.25) is 9.78 Å². The summed E-state index contributed by atoms with van der Waals surface area (Å²) in [5.41, 5.74) is 1.10. The molecule has 1 heterocycles. The van der Waals surface area contributed by atoms with E-state index in [0.29, 0.717) is 13.0 Å². The van der Waals surface area contributed by atoms with E-state index < -0.39 is 0 Å². The van der Waals surface area contributed by atoms with Crippen molar-refractivity contribution in [2.75, 3.05) is 7.11 Å². The molecule has 1 unspecified atom stereocenters. The van der Waals surface area contributed by atoms with Gasteiger partial charge in [0, 0.05) is 25.0 Å². The fraction of sp³-hybridized carbons (Fsp3) is 0.571. The Bertz CT molecular complexity index is 371. The lowest BCUT2D eigenvalue weighted by molar-refractivity contribution is -0.141. The van der Waals surface area contributed by atoms with Crippen LogP contribution in [0.3, 0.4) is 0 Å². The van der Waals surface area contributed by atoms with Gasteiger partial charge in [-0.1, -0.05) is 26.8 Å². The third-order valence-corrected chi connectivity index (χ3v) is 2.92. The second-order valence-electron chi connectivity index (χ2n) is 5.44. The van der Waals surface area contributed by atoms with Gasteiger partial charge in [0.25, 0.3) is 0 Å². The molecule has 0 spiro atoms. The Labute approximate surface area is 109 Å². The number of rotatable bonds is 5. The third-order valence-electron chi connectivity index (χ3n) is 2.92. The number of ether oxygens (including phenoxy) is 1. The summed E-state index contributed by atoms with van der Waals surface area (Å²) in [5.74, 6) is -0.186. The number of aromatic nitrogens is 1. The van der Waals surface area contributed by atoms with Crippen LogP contribution in [0.25, 0.3) is 0 Å². The van der Waals surface area contributed by atoms with Gasteiger partial charge >= 0.3 is 5.97 Å². The molecule has 1 aromatic heterocycles. The number of esters is 1. The molecule has 0 aliphatic carbocycles. The first-order valence-electron chi connectivity index (χ1n) is 6.12. The van der Waals surface area contributed by atoms with Crippen LogP contribution in [0.5, 0.6) is 0 Å². The van der Waals surface area contributed by atoms with Crippen molar-refractivity contribution in [3.05, 3.63) is 30.1 Å². The van der Waals surface area contributed by atoms with Gasteiger partial charge in [-0.25, -0.2) is 0 Å². The Morgan fingerprint density at radius 2 is 2.22 bits per heavy atom. The Kier molecular flexibility index (Phi) is 5.28. The standard InChI is InChI=1S/C14H22N2O2/c1-14(2,3)12(8-13(17)18-4)16-10-11-6-5-7-15-9-11/h5-7,9,12,16H,8,10H2,1-4H3. The minimum Gasteiger partial charge on any atom is -0.469 e. The van der Waals surface area contributed by atoms with Crippen LogP contribution < -0.4 is 5.32 Å². The van der Waals surface area contributed by atoms with E-state index in [9.17, 15) is 4.79 Å². The van der Waals surface area contributed by atoms with Crippen molar-refractivity contribution in [2.45, 2.75) is 39.8 Å². The molecule has 0 amide bonds. The van der Waals surface area contributed by atoms with Crippen molar-refractivity contribution in [1.82, 2.24) is 10.3 Å². The van der Waals surface area contributed by atoms with E-state index in [1.54, 1.807) is 6.20 Å². The highest BCUT2D eigenvalue weighted by molar-refractivity contribution is 5.70. The Balaban J connectivity index is 2.59. The maximum Gasteiger partial charge on any atom is 0.307 e. The number of carbonyl (C=O) groups excluding carboxylic acids is 1. The zero-order valence-corrected chi connectivity index (χ0v) is 11.6. The fourth-order valence-electron chi connectivity index (χ4n) is 1.68. The molecule has 18 heavy (non-hydrogen) atoms. The third kappa shape index (κ3) is 4.84. The first-order valence-corrected chi connectivity index (χ1v) is 6.12.